The molecule has 3 aliphatic rings. The SMILES string of the molecule is N#CN(C(=N)N1CC(N2CCCC2=O)C(c2ccc(Cl)cc2)=N1)C1CCCCC1. The van der Waals surface area contributed by atoms with E-state index in [0.29, 0.717) is 24.5 Å². The molecule has 0 bridgehead atoms. The summed E-state index contributed by atoms with van der Waals surface area (Å²) in [6.45, 7) is 1.09. The van der Waals surface area contributed by atoms with Crippen molar-refractivity contribution in [3.63, 3.8) is 0 Å². The number of halogens is 1. The summed E-state index contributed by atoms with van der Waals surface area (Å²) in [6, 6.07) is 7.23. The molecule has 29 heavy (non-hydrogen) atoms. The fraction of sp³-hybridized carbons (Fsp3) is 0.524. The number of amides is 1. The van der Waals surface area contributed by atoms with Gasteiger partial charge >= 0.3 is 0 Å². The molecule has 0 aromatic heterocycles. The molecular formula is C21H25ClN6O. The molecule has 0 radical (unpaired) electrons. The van der Waals surface area contributed by atoms with Gasteiger partial charge in [-0.2, -0.15) is 10.4 Å². The summed E-state index contributed by atoms with van der Waals surface area (Å²) in [4.78, 5) is 15.8. The molecule has 4 rings (SSSR count). The van der Waals surface area contributed by atoms with Crippen LogP contribution in [0.3, 0.4) is 0 Å². The number of carbonyl (C=O) groups excluding carboxylic acids is 1. The molecule has 1 unspecified atom stereocenters. The quantitative estimate of drug-likeness (QED) is 0.356. The molecule has 1 aliphatic carbocycles. The highest BCUT2D eigenvalue weighted by Crippen LogP contribution is 2.27. The molecule has 1 aromatic carbocycles. The van der Waals surface area contributed by atoms with Crippen LogP contribution in [0.4, 0.5) is 0 Å². The average Bonchev–Trinajstić information content (AvgIpc) is 3.36. The van der Waals surface area contributed by atoms with Crippen molar-refractivity contribution >= 4 is 29.2 Å². The Labute approximate surface area is 176 Å². The van der Waals surface area contributed by atoms with Gasteiger partial charge in [0.2, 0.25) is 11.9 Å². The largest absolute Gasteiger partial charge is 0.332 e. The first-order valence-electron chi connectivity index (χ1n) is 10.3. The molecule has 2 heterocycles. The highest BCUT2D eigenvalue weighted by molar-refractivity contribution is 6.30. The first-order chi connectivity index (χ1) is 14.1. The highest BCUT2D eigenvalue weighted by Gasteiger charge is 2.40. The second kappa shape index (κ2) is 8.42. The number of nitrogens with one attached hydrogen (secondary N) is 1. The summed E-state index contributed by atoms with van der Waals surface area (Å²) in [7, 11) is 0. The molecule has 152 valence electrons. The van der Waals surface area contributed by atoms with E-state index in [1.807, 2.05) is 17.0 Å². The van der Waals surface area contributed by atoms with Gasteiger partial charge in [0.05, 0.1) is 18.3 Å². The molecule has 1 atom stereocenters. The number of hydrazone groups is 1. The number of hydrogen-bond donors (Lipinski definition) is 1. The van der Waals surface area contributed by atoms with Gasteiger partial charge in [-0.05, 0) is 31.4 Å². The van der Waals surface area contributed by atoms with Crippen LogP contribution in [0, 0.1) is 16.9 Å². The highest BCUT2D eigenvalue weighted by atomic mass is 35.5. The molecule has 0 spiro atoms. The third-order valence-electron chi connectivity index (χ3n) is 6.04. The van der Waals surface area contributed by atoms with Crippen LogP contribution in [0.5, 0.6) is 0 Å². The van der Waals surface area contributed by atoms with E-state index in [4.69, 9.17) is 22.1 Å². The third-order valence-corrected chi connectivity index (χ3v) is 6.29. The van der Waals surface area contributed by atoms with Gasteiger partial charge in [-0.25, -0.2) is 9.91 Å². The van der Waals surface area contributed by atoms with Crippen molar-refractivity contribution in [2.75, 3.05) is 13.1 Å². The Morgan fingerprint density at radius 3 is 2.55 bits per heavy atom. The lowest BCUT2D eigenvalue weighted by atomic mass is 9.94. The maximum Gasteiger partial charge on any atom is 0.228 e. The molecular weight excluding hydrogens is 388 g/mol. The Kier molecular flexibility index (Phi) is 5.72. The van der Waals surface area contributed by atoms with Crippen LogP contribution in [0.1, 0.15) is 50.5 Å². The van der Waals surface area contributed by atoms with Crippen LogP contribution in [0.25, 0.3) is 0 Å². The topological polar surface area (TPSA) is 86.8 Å². The van der Waals surface area contributed by atoms with Crippen molar-refractivity contribution in [3.8, 4) is 6.19 Å². The minimum absolute atomic E-state index is 0.0582. The van der Waals surface area contributed by atoms with Crippen molar-refractivity contribution < 1.29 is 4.79 Å². The van der Waals surface area contributed by atoms with Crippen molar-refractivity contribution in [3.05, 3.63) is 34.9 Å². The van der Waals surface area contributed by atoms with Gasteiger partial charge in [0, 0.05) is 29.6 Å². The van der Waals surface area contributed by atoms with Gasteiger partial charge in [0.25, 0.3) is 0 Å². The Morgan fingerprint density at radius 2 is 1.93 bits per heavy atom. The summed E-state index contributed by atoms with van der Waals surface area (Å²) < 4.78 is 0. The zero-order valence-corrected chi connectivity index (χ0v) is 17.1. The molecule has 2 aliphatic heterocycles. The van der Waals surface area contributed by atoms with Crippen LogP contribution >= 0.6 is 11.6 Å². The molecule has 8 heteroatoms. The maximum absolute atomic E-state index is 12.4. The molecule has 7 nitrogen and oxygen atoms in total. The van der Waals surface area contributed by atoms with E-state index in [1.54, 1.807) is 17.1 Å². The number of rotatable bonds is 3. The normalized spacial score (nSPS) is 22.6. The van der Waals surface area contributed by atoms with E-state index in [1.165, 1.54) is 11.3 Å². The fourth-order valence-electron chi connectivity index (χ4n) is 4.50. The van der Waals surface area contributed by atoms with Crippen molar-refractivity contribution in [2.45, 2.75) is 57.0 Å². The monoisotopic (exact) mass is 412 g/mol. The predicted molar refractivity (Wildman–Crippen MR) is 111 cm³/mol. The van der Waals surface area contributed by atoms with E-state index in [9.17, 15) is 10.1 Å². The first-order valence-corrected chi connectivity index (χ1v) is 10.6. The molecule has 1 N–H and O–H groups in total. The first kappa shape index (κ1) is 19.7. The smallest absolute Gasteiger partial charge is 0.228 e. The number of guanidine groups is 1. The van der Waals surface area contributed by atoms with Gasteiger partial charge in [-0.15, -0.1) is 0 Å². The number of hydrogen-bond acceptors (Lipinski definition) is 4. The lowest BCUT2D eigenvalue weighted by Crippen LogP contribution is -2.48. The standard InChI is InChI=1S/C21H25ClN6O/c22-16-10-8-15(9-11-16)20-18(26-12-4-7-19(26)29)13-28(25-20)21(24)27(14-23)17-5-2-1-3-6-17/h8-11,17-18,24H,1-7,12-13H2. The number of benzene rings is 1. The second-order valence-corrected chi connectivity index (χ2v) is 8.30. The number of carbonyl (C=O) groups is 1. The van der Waals surface area contributed by atoms with Crippen molar-refractivity contribution in [1.29, 1.82) is 10.7 Å². The van der Waals surface area contributed by atoms with Crippen molar-refractivity contribution in [1.82, 2.24) is 14.8 Å². The van der Waals surface area contributed by atoms with Crippen LogP contribution in [-0.2, 0) is 4.79 Å². The average molecular weight is 413 g/mol. The molecule has 1 amide bonds. The van der Waals surface area contributed by atoms with Crippen molar-refractivity contribution in [2.24, 2.45) is 5.10 Å². The number of nitrogens with zero attached hydrogens (tertiary/aromatic N) is 5. The summed E-state index contributed by atoms with van der Waals surface area (Å²) >= 11 is 6.04. The number of nitriles is 1. The zero-order valence-electron chi connectivity index (χ0n) is 16.4. The Hall–Kier alpha value is -2.59. The predicted octanol–water partition coefficient (Wildman–Crippen LogP) is 3.40. The van der Waals surface area contributed by atoms with Crippen LogP contribution < -0.4 is 0 Å². The zero-order chi connectivity index (χ0) is 20.4. The van der Waals surface area contributed by atoms with E-state index < -0.39 is 0 Å². The summed E-state index contributed by atoms with van der Waals surface area (Å²) in [5, 5.41) is 25.3. The van der Waals surface area contributed by atoms with E-state index in [2.05, 4.69) is 6.19 Å². The molecule has 2 fully saturated rings. The van der Waals surface area contributed by atoms with Gasteiger partial charge < -0.3 is 4.90 Å². The van der Waals surface area contributed by atoms with Crippen LogP contribution in [-0.4, -0.2) is 57.6 Å². The lowest BCUT2D eigenvalue weighted by molar-refractivity contribution is -0.128. The number of likely N-dealkylation sites (tertiary alicyclic amines) is 1. The van der Waals surface area contributed by atoms with Gasteiger partial charge in [-0.3, -0.25) is 10.2 Å². The summed E-state index contributed by atoms with van der Waals surface area (Å²) in [6.07, 6.45) is 8.79. The van der Waals surface area contributed by atoms with Gasteiger partial charge in [-0.1, -0.05) is 43.0 Å². The van der Waals surface area contributed by atoms with Crippen LogP contribution in [0.15, 0.2) is 29.4 Å². The second-order valence-electron chi connectivity index (χ2n) is 7.87. The van der Waals surface area contributed by atoms with Crippen LogP contribution in [0.2, 0.25) is 5.02 Å². The van der Waals surface area contributed by atoms with Gasteiger partial charge in [0.1, 0.15) is 0 Å². The molecule has 1 saturated heterocycles. The van der Waals surface area contributed by atoms with Gasteiger partial charge in [0.15, 0.2) is 6.19 Å². The fourth-order valence-corrected chi connectivity index (χ4v) is 4.63. The van der Waals surface area contributed by atoms with E-state index in [0.717, 1.165) is 43.4 Å². The molecule has 1 saturated carbocycles. The third kappa shape index (κ3) is 3.95. The summed E-state index contributed by atoms with van der Waals surface area (Å²) in [5.41, 5.74) is 1.64. The minimum atomic E-state index is -0.224. The van der Waals surface area contributed by atoms with E-state index in [-0.39, 0.29) is 24.0 Å². The Bertz CT molecular complexity index is 855. The molecule has 1 aromatic rings. The summed E-state index contributed by atoms with van der Waals surface area (Å²) in [5.74, 6) is 0.217. The minimum Gasteiger partial charge on any atom is -0.332 e. The Morgan fingerprint density at radius 1 is 1.21 bits per heavy atom. The maximum atomic E-state index is 12.4. The lowest BCUT2D eigenvalue weighted by Gasteiger charge is -2.32. The van der Waals surface area contributed by atoms with E-state index >= 15 is 0 Å². The Balaban J connectivity index is 1.61.